The lowest BCUT2D eigenvalue weighted by Crippen LogP contribution is -2.65. The molecular formula is C42H72O11. The van der Waals surface area contributed by atoms with Gasteiger partial charge in [-0.05, 0) is 89.9 Å². The van der Waals surface area contributed by atoms with Gasteiger partial charge >= 0.3 is 5.97 Å². The first-order valence-electron chi connectivity index (χ1n) is 21.0. The molecule has 11 heteroatoms. The second kappa shape index (κ2) is 16.4. The van der Waals surface area contributed by atoms with E-state index in [1.54, 1.807) is 6.92 Å². The molecule has 11 nitrogen and oxygen atoms in total. The molecule has 0 aromatic carbocycles. The maximum absolute atomic E-state index is 14.5. The van der Waals surface area contributed by atoms with E-state index in [4.69, 9.17) is 23.7 Å². The lowest BCUT2D eigenvalue weighted by Gasteiger charge is -2.56. The number of aliphatic hydroxyl groups is 3. The average Bonchev–Trinajstić information content (AvgIpc) is 3.47. The largest absolute Gasteiger partial charge is 0.481 e. The van der Waals surface area contributed by atoms with E-state index < -0.39 is 70.9 Å². The molecule has 0 bridgehead atoms. The van der Waals surface area contributed by atoms with Gasteiger partial charge in [-0.2, -0.15) is 0 Å². The fourth-order valence-electron chi connectivity index (χ4n) is 10.9. The van der Waals surface area contributed by atoms with Gasteiger partial charge in [0.1, 0.15) is 11.9 Å². The van der Waals surface area contributed by atoms with Gasteiger partial charge in [-0.25, -0.2) is 0 Å². The van der Waals surface area contributed by atoms with Crippen LogP contribution in [0.15, 0.2) is 0 Å². The lowest BCUT2D eigenvalue weighted by molar-refractivity contribution is -0.442. The molecule has 0 aromatic heterocycles. The molecule has 306 valence electrons. The van der Waals surface area contributed by atoms with E-state index in [0.29, 0.717) is 64.2 Å². The summed E-state index contributed by atoms with van der Waals surface area (Å²) in [5, 5.41) is 44.1. The van der Waals surface area contributed by atoms with Crippen LogP contribution in [0.4, 0.5) is 0 Å². The second-order valence-corrected chi connectivity index (χ2v) is 18.3. The number of rotatable bonds is 12. The van der Waals surface area contributed by atoms with Crippen molar-refractivity contribution in [1.29, 1.82) is 0 Å². The summed E-state index contributed by atoms with van der Waals surface area (Å²) < 4.78 is 33.7. The molecule has 5 aliphatic rings. The molecule has 5 heterocycles. The lowest BCUT2D eigenvalue weighted by atomic mass is 9.72. The highest BCUT2D eigenvalue weighted by Crippen LogP contribution is 2.56. The molecule has 18 atom stereocenters. The van der Waals surface area contributed by atoms with Crippen LogP contribution in [0.5, 0.6) is 0 Å². The first-order chi connectivity index (χ1) is 24.8. The molecule has 0 radical (unpaired) electrons. The van der Waals surface area contributed by atoms with Crippen LogP contribution in [0, 0.1) is 41.4 Å². The quantitative estimate of drug-likeness (QED) is 0.174. The van der Waals surface area contributed by atoms with Crippen molar-refractivity contribution in [2.75, 3.05) is 0 Å². The van der Waals surface area contributed by atoms with Gasteiger partial charge in [-0.3, -0.25) is 9.59 Å². The monoisotopic (exact) mass is 753 g/mol. The number of aliphatic hydroxyl groups excluding tert-OH is 2. The van der Waals surface area contributed by atoms with Crippen molar-refractivity contribution in [2.45, 2.75) is 212 Å². The van der Waals surface area contributed by atoms with E-state index in [1.165, 1.54) is 0 Å². The summed E-state index contributed by atoms with van der Waals surface area (Å²) in [6.45, 7) is 19.8. The van der Waals surface area contributed by atoms with E-state index in [1.807, 2.05) is 41.5 Å². The summed E-state index contributed by atoms with van der Waals surface area (Å²) in [6.07, 6.45) is 3.41. The highest BCUT2D eigenvalue weighted by atomic mass is 16.8. The van der Waals surface area contributed by atoms with Crippen LogP contribution < -0.4 is 0 Å². The fourth-order valence-corrected chi connectivity index (χ4v) is 10.9. The minimum atomic E-state index is -1.28. The Kier molecular flexibility index (Phi) is 13.3. The third kappa shape index (κ3) is 8.03. The fraction of sp³-hybridized carbons (Fsp3) is 0.952. The molecule has 4 N–H and O–H groups in total. The second-order valence-electron chi connectivity index (χ2n) is 18.3. The molecule has 5 fully saturated rings. The minimum absolute atomic E-state index is 0.0228. The van der Waals surface area contributed by atoms with Crippen molar-refractivity contribution < 1.29 is 53.7 Å². The summed E-state index contributed by atoms with van der Waals surface area (Å²) in [6, 6.07) is 0. The first-order valence-corrected chi connectivity index (χ1v) is 21.0. The molecule has 5 rings (SSSR count). The average molecular weight is 753 g/mol. The van der Waals surface area contributed by atoms with Gasteiger partial charge in [0.15, 0.2) is 11.6 Å². The molecule has 0 aromatic rings. The van der Waals surface area contributed by atoms with E-state index in [9.17, 15) is 30.0 Å². The predicted octanol–water partition coefficient (Wildman–Crippen LogP) is 6.41. The van der Waals surface area contributed by atoms with Gasteiger partial charge in [-0.15, -0.1) is 0 Å². The Morgan fingerprint density at radius 2 is 1.49 bits per heavy atom. The Hall–Kier alpha value is -1.18. The Labute approximate surface area is 318 Å². The molecule has 2 spiro atoms. The zero-order chi connectivity index (χ0) is 39.3. The Morgan fingerprint density at radius 1 is 0.811 bits per heavy atom. The first kappa shape index (κ1) is 43.0. The highest BCUT2D eigenvalue weighted by molar-refractivity contribution is 5.84. The van der Waals surface area contributed by atoms with Crippen molar-refractivity contribution in [3.8, 4) is 0 Å². The van der Waals surface area contributed by atoms with Gasteiger partial charge in [0.25, 0.3) is 0 Å². The van der Waals surface area contributed by atoms with Gasteiger partial charge in [-0.1, -0.05) is 55.4 Å². The number of hydrogen-bond donors (Lipinski definition) is 4. The zero-order valence-corrected chi connectivity index (χ0v) is 34.2. The third-order valence-electron chi connectivity index (χ3n) is 14.9. The Balaban J connectivity index is 1.30. The van der Waals surface area contributed by atoms with E-state index in [0.717, 1.165) is 12.8 Å². The maximum atomic E-state index is 14.5. The van der Waals surface area contributed by atoms with Gasteiger partial charge in [0, 0.05) is 36.5 Å². The van der Waals surface area contributed by atoms with Crippen molar-refractivity contribution in [3.05, 3.63) is 0 Å². The predicted molar refractivity (Wildman–Crippen MR) is 199 cm³/mol. The number of ketones is 1. The molecular weight excluding hydrogens is 680 g/mol. The normalized spacial score (nSPS) is 46.5. The van der Waals surface area contributed by atoms with Crippen LogP contribution in [-0.4, -0.2) is 97.7 Å². The van der Waals surface area contributed by atoms with Crippen molar-refractivity contribution >= 4 is 11.8 Å². The van der Waals surface area contributed by atoms with E-state index in [-0.39, 0.29) is 47.8 Å². The number of carboxylic acid groups (broad SMARTS) is 1. The highest BCUT2D eigenvalue weighted by Gasteiger charge is 2.64. The van der Waals surface area contributed by atoms with Crippen LogP contribution in [0.3, 0.4) is 0 Å². The van der Waals surface area contributed by atoms with Crippen LogP contribution in [-0.2, 0) is 33.3 Å². The summed E-state index contributed by atoms with van der Waals surface area (Å²) in [5.74, 6) is -5.29. The Bertz CT molecular complexity index is 1280. The maximum Gasteiger partial charge on any atom is 0.309 e. The SMILES string of the molecule is CC[C@H](C(=O)O)[C@@H]1CC[C@@H](C)[C@H]([C@H](C)[C@H](O)[C@@H](C)C(=O)[C@H](CC)[C@H]2O[C@@]3(CC[C@@H](O)[C@]4(CC[C@](C)([C@@H]5CC[C@@](O)(CC)[C@H](C)O5)O4)O3)[C@H](C)C[C@@H]2C)O1. The summed E-state index contributed by atoms with van der Waals surface area (Å²) in [7, 11) is 0. The number of hydrogen-bond acceptors (Lipinski definition) is 10. The summed E-state index contributed by atoms with van der Waals surface area (Å²) in [5.41, 5.74) is -1.59. The number of aliphatic carboxylic acids is 1. The van der Waals surface area contributed by atoms with Crippen molar-refractivity contribution in [3.63, 3.8) is 0 Å². The summed E-state index contributed by atoms with van der Waals surface area (Å²) in [4.78, 5) is 26.4. The molecule has 5 saturated heterocycles. The van der Waals surface area contributed by atoms with Crippen LogP contribution in [0.2, 0.25) is 0 Å². The van der Waals surface area contributed by atoms with Gasteiger partial charge in [0.2, 0.25) is 0 Å². The Morgan fingerprint density at radius 3 is 2.09 bits per heavy atom. The van der Waals surface area contributed by atoms with Crippen LogP contribution in [0.1, 0.15) is 146 Å². The van der Waals surface area contributed by atoms with Crippen molar-refractivity contribution in [1.82, 2.24) is 0 Å². The molecule has 0 amide bonds. The molecule has 0 unspecified atom stereocenters. The standard InChI is InChI=1S/C42H72O11/c1-11-29(38(46)47)31-15-14-23(4)36(50-31)27(8)34(44)26(7)35(45)30(12-2)37-24(5)22-25(6)41(51-37)19-16-32(43)42(53-41)21-20-39(10,52-42)33-17-18-40(48,13-3)28(9)49-33/h23-34,36-37,43-44,48H,11-22H2,1-10H3,(H,46,47)/t23-,24+,25-,26-,27-,28+,29+,30+,31+,32-,33+,34-,36-,37+,39-,40+,41-,42+/m1/s1. The third-order valence-corrected chi connectivity index (χ3v) is 14.9. The van der Waals surface area contributed by atoms with Crippen LogP contribution in [0.25, 0.3) is 0 Å². The van der Waals surface area contributed by atoms with Crippen molar-refractivity contribution in [2.24, 2.45) is 41.4 Å². The molecule has 0 saturated carbocycles. The van der Waals surface area contributed by atoms with E-state index in [2.05, 4.69) is 20.8 Å². The molecule has 53 heavy (non-hydrogen) atoms. The molecule has 5 aliphatic heterocycles. The van der Waals surface area contributed by atoms with Crippen LogP contribution >= 0.6 is 0 Å². The number of carbonyl (C=O) groups excluding carboxylic acids is 1. The summed E-state index contributed by atoms with van der Waals surface area (Å²) >= 11 is 0. The topological polar surface area (TPSA) is 161 Å². The molecule has 0 aliphatic carbocycles. The number of Topliss-reactive ketones (excluding diaryl/α,β-unsaturated/α-hetero) is 1. The number of carbonyl (C=O) groups is 2. The zero-order valence-electron chi connectivity index (χ0n) is 34.2. The smallest absolute Gasteiger partial charge is 0.309 e. The number of carboxylic acids is 1. The number of ether oxygens (including phenoxy) is 5. The van der Waals surface area contributed by atoms with Gasteiger partial charge < -0.3 is 44.1 Å². The van der Waals surface area contributed by atoms with Gasteiger partial charge in [0.05, 0.1) is 53.7 Å². The van der Waals surface area contributed by atoms with E-state index >= 15 is 0 Å². The minimum Gasteiger partial charge on any atom is -0.481 e.